The molecule has 120 valence electrons. The Labute approximate surface area is 126 Å². The molecule has 0 aromatic carbocycles. The summed E-state index contributed by atoms with van der Waals surface area (Å²) in [5.41, 5.74) is -1.18. The van der Waals surface area contributed by atoms with Crippen molar-refractivity contribution in [2.75, 3.05) is 19.8 Å². The molecule has 2 aliphatic rings. The van der Waals surface area contributed by atoms with Crippen LogP contribution in [0.3, 0.4) is 0 Å². The molecular weight excluding hydrogens is 270 g/mol. The molecule has 1 aliphatic heterocycles. The molecule has 0 aromatic heterocycles. The van der Waals surface area contributed by atoms with Crippen molar-refractivity contribution in [1.29, 1.82) is 0 Å². The van der Waals surface area contributed by atoms with E-state index in [9.17, 15) is 14.7 Å². The number of amides is 1. The van der Waals surface area contributed by atoms with E-state index in [2.05, 4.69) is 5.32 Å². The van der Waals surface area contributed by atoms with E-state index >= 15 is 0 Å². The zero-order valence-corrected chi connectivity index (χ0v) is 13.0. The molecule has 1 aliphatic carbocycles. The van der Waals surface area contributed by atoms with Gasteiger partial charge in [-0.1, -0.05) is 32.6 Å². The Morgan fingerprint density at radius 1 is 1.05 bits per heavy atom. The van der Waals surface area contributed by atoms with Crippen molar-refractivity contribution < 1.29 is 19.4 Å². The van der Waals surface area contributed by atoms with Crippen LogP contribution in [0.25, 0.3) is 0 Å². The minimum atomic E-state index is -0.852. The molecule has 1 amide bonds. The summed E-state index contributed by atoms with van der Waals surface area (Å²) in [4.78, 5) is 24.1. The van der Waals surface area contributed by atoms with E-state index in [0.29, 0.717) is 26.1 Å². The van der Waals surface area contributed by atoms with Crippen LogP contribution < -0.4 is 5.32 Å². The van der Waals surface area contributed by atoms with E-state index in [4.69, 9.17) is 4.74 Å². The molecule has 21 heavy (non-hydrogen) atoms. The van der Waals surface area contributed by atoms with Crippen LogP contribution in [0.4, 0.5) is 0 Å². The van der Waals surface area contributed by atoms with Gasteiger partial charge in [-0.15, -0.1) is 0 Å². The van der Waals surface area contributed by atoms with E-state index in [1.807, 2.05) is 6.92 Å². The number of carboxylic acid groups (broad SMARTS) is 1. The third-order valence-corrected chi connectivity index (χ3v) is 5.25. The van der Waals surface area contributed by atoms with Gasteiger partial charge in [0.05, 0.1) is 5.41 Å². The first-order chi connectivity index (χ1) is 9.99. The quantitative estimate of drug-likeness (QED) is 0.781. The lowest BCUT2D eigenvalue weighted by Crippen LogP contribution is -2.49. The van der Waals surface area contributed by atoms with E-state index in [0.717, 1.165) is 25.7 Å². The molecule has 2 fully saturated rings. The number of carboxylic acids is 1. The predicted molar refractivity (Wildman–Crippen MR) is 78.9 cm³/mol. The first-order valence-electron chi connectivity index (χ1n) is 8.08. The SMILES string of the molecule is CC1(C(=O)NCC2(C(=O)O)CCOCC2)CCCCCC1. The molecule has 2 N–H and O–H groups in total. The number of aliphatic carboxylic acids is 1. The molecule has 5 nitrogen and oxygen atoms in total. The van der Waals surface area contributed by atoms with Crippen molar-refractivity contribution in [3.05, 3.63) is 0 Å². The van der Waals surface area contributed by atoms with Crippen LogP contribution in [0.15, 0.2) is 0 Å². The summed E-state index contributed by atoms with van der Waals surface area (Å²) >= 11 is 0. The molecule has 1 saturated heterocycles. The average Bonchev–Trinajstić information content (AvgIpc) is 2.71. The second kappa shape index (κ2) is 6.77. The Bertz CT molecular complexity index is 380. The summed E-state index contributed by atoms with van der Waals surface area (Å²) in [7, 11) is 0. The van der Waals surface area contributed by atoms with Gasteiger partial charge >= 0.3 is 5.97 Å². The summed E-state index contributed by atoms with van der Waals surface area (Å²) in [5, 5.41) is 12.5. The van der Waals surface area contributed by atoms with Gasteiger partial charge in [0.2, 0.25) is 5.91 Å². The fraction of sp³-hybridized carbons (Fsp3) is 0.875. The predicted octanol–water partition coefficient (Wildman–Crippen LogP) is 2.34. The number of carbonyl (C=O) groups excluding carboxylic acids is 1. The van der Waals surface area contributed by atoms with Crippen LogP contribution in [-0.2, 0) is 14.3 Å². The van der Waals surface area contributed by atoms with Gasteiger partial charge in [-0.25, -0.2) is 0 Å². The van der Waals surface area contributed by atoms with Crippen LogP contribution >= 0.6 is 0 Å². The van der Waals surface area contributed by atoms with Crippen molar-refractivity contribution >= 4 is 11.9 Å². The van der Waals surface area contributed by atoms with E-state index in [1.165, 1.54) is 12.8 Å². The number of hydrogen-bond donors (Lipinski definition) is 2. The molecular formula is C16H27NO4. The van der Waals surface area contributed by atoms with E-state index < -0.39 is 11.4 Å². The molecule has 1 heterocycles. The second-order valence-corrected chi connectivity index (χ2v) is 6.86. The molecule has 0 unspecified atom stereocenters. The van der Waals surface area contributed by atoms with Crippen molar-refractivity contribution in [2.24, 2.45) is 10.8 Å². The van der Waals surface area contributed by atoms with Gasteiger partial charge in [-0.2, -0.15) is 0 Å². The van der Waals surface area contributed by atoms with E-state index in [1.54, 1.807) is 0 Å². The molecule has 0 spiro atoms. The third kappa shape index (κ3) is 3.76. The second-order valence-electron chi connectivity index (χ2n) is 6.86. The maximum atomic E-state index is 12.5. The zero-order valence-electron chi connectivity index (χ0n) is 13.0. The highest BCUT2D eigenvalue weighted by Crippen LogP contribution is 2.36. The minimum Gasteiger partial charge on any atom is -0.481 e. The molecule has 2 rings (SSSR count). The summed E-state index contributed by atoms with van der Waals surface area (Å²) in [5.74, 6) is -0.798. The summed E-state index contributed by atoms with van der Waals surface area (Å²) in [6.07, 6.45) is 7.31. The molecule has 1 saturated carbocycles. The fourth-order valence-corrected chi connectivity index (χ4v) is 3.43. The van der Waals surface area contributed by atoms with Gasteiger partial charge in [0.15, 0.2) is 0 Å². The molecule has 0 bridgehead atoms. The van der Waals surface area contributed by atoms with Crippen molar-refractivity contribution in [1.82, 2.24) is 5.32 Å². The lowest BCUT2D eigenvalue weighted by molar-refractivity contribution is -0.155. The van der Waals surface area contributed by atoms with Gasteiger partial charge in [0.25, 0.3) is 0 Å². The van der Waals surface area contributed by atoms with Crippen molar-refractivity contribution in [3.8, 4) is 0 Å². The lowest BCUT2D eigenvalue weighted by Gasteiger charge is -2.35. The Hall–Kier alpha value is -1.10. The van der Waals surface area contributed by atoms with Crippen LogP contribution in [-0.4, -0.2) is 36.7 Å². The molecule has 0 aromatic rings. The number of rotatable bonds is 4. The van der Waals surface area contributed by atoms with E-state index in [-0.39, 0.29) is 17.9 Å². The highest BCUT2D eigenvalue weighted by Gasteiger charge is 2.42. The normalized spacial score (nSPS) is 24.8. The van der Waals surface area contributed by atoms with Gasteiger partial charge in [0.1, 0.15) is 0 Å². The van der Waals surface area contributed by atoms with Gasteiger partial charge in [-0.05, 0) is 25.7 Å². The Balaban J connectivity index is 1.96. The average molecular weight is 297 g/mol. The summed E-state index contributed by atoms with van der Waals surface area (Å²) < 4.78 is 5.26. The van der Waals surface area contributed by atoms with Crippen LogP contribution in [0.2, 0.25) is 0 Å². The fourth-order valence-electron chi connectivity index (χ4n) is 3.43. The summed E-state index contributed by atoms with van der Waals surface area (Å²) in [6, 6.07) is 0. The Kier molecular flexibility index (Phi) is 5.25. The van der Waals surface area contributed by atoms with Gasteiger partial charge in [0, 0.05) is 25.2 Å². The Morgan fingerprint density at radius 2 is 1.62 bits per heavy atom. The monoisotopic (exact) mass is 297 g/mol. The van der Waals surface area contributed by atoms with Crippen LogP contribution in [0.5, 0.6) is 0 Å². The topological polar surface area (TPSA) is 75.6 Å². The zero-order chi connectivity index (χ0) is 15.3. The molecule has 0 atom stereocenters. The highest BCUT2D eigenvalue weighted by atomic mass is 16.5. The third-order valence-electron chi connectivity index (χ3n) is 5.25. The molecule has 5 heteroatoms. The van der Waals surface area contributed by atoms with Crippen molar-refractivity contribution in [2.45, 2.75) is 58.3 Å². The number of ether oxygens (including phenoxy) is 1. The van der Waals surface area contributed by atoms with Crippen LogP contribution in [0, 0.1) is 10.8 Å². The van der Waals surface area contributed by atoms with Gasteiger partial charge < -0.3 is 15.2 Å². The maximum absolute atomic E-state index is 12.5. The first kappa shape index (κ1) is 16.3. The Morgan fingerprint density at radius 3 is 2.14 bits per heavy atom. The minimum absolute atomic E-state index is 0.0246. The van der Waals surface area contributed by atoms with Crippen LogP contribution in [0.1, 0.15) is 58.3 Å². The number of carbonyl (C=O) groups is 2. The lowest BCUT2D eigenvalue weighted by atomic mass is 9.78. The smallest absolute Gasteiger partial charge is 0.311 e. The van der Waals surface area contributed by atoms with Gasteiger partial charge in [-0.3, -0.25) is 9.59 Å². The first-order valence-corrected chi connectivity index (χ1v) is 8.08. The van der Waals surface area contributed by atoms with Crippen molar-refractivity contribution in [3.63, 3.8) is 0 Å². The highest BCUT2D eigenvalue weighted by molar-refractivity contribution is 5.83. The maximum Gasteiger partial charge on any atom is 0.311 e. The number of hydrogen-bond acceptors (Lipinski definition) is 3. The summed E-state index contributed by atoms with van der Waals surface area (Å²) in [6.45, 7) is 3.16. The largest absolute Gasteiger partial charge is 0.481 e. The molecule has 0 radical (unpaired) electrons. The standard InChI is InChI=1S/C16H27NO4/c1-15(6-4-2-3-5-7-15)13(18)17-12-16(14(19)20)8-10-21-11-9-16/h2-12H2,1H3,(H,17,18)(H,19,20). The number of nitrogens with one attached hydrogen (secondary N) is 1.